The van der Waals surface area contributed by atoms with E-state index in [1.165, 1.54) is 0 Å². The lowest BCUT2D eigenvalue weighted by molar-refractivity contribution is 0.122. The maximum Gasteiger partial charge on any atom is 0.212 e. The molecule has 4 rings (SSSR count). The Bertz CT molecular complexity index is 1080. The number of benzene rings is 2. The predicted molar refractivity (Wildman–Crippen MR) is 111 cm³/mol. The summed E-state index contributed by atoms with van der Waals surface area (Å²) in [7, 11) is -2.09. The van der Waals surface area contributed by atoms with Crippen LogP contribution < -0.4 is 9.64 Å². The van der Waals surface area contributed by atoms with Crippen LogP contribution in [0.5, 0.6) is 5.88 Å². The quantitative estimate of drug-likeness (QED) is 0.642. The SMILES string of the molecule is COc1ccc(-c2cc(N3CCOCC3)cc(S(=O)(=O)c3ccccc3)c2)cn1. The van der Waals surface area contributed by atoms with Crippen LogP contribution in [-0.2, 0) is 14.6 Å². The Morgan fingerprint density at radius 3 is 2.34 bits per heavy atom. The molecule has 0 atom stereocenters. The number of anilines is 1. The number of hydrogen-bond donors (Lipinski definition) is 0. The fourth-order valence-electron chi connectivity index (χ4n) is 3.32. The van der Waals surface area contributed by atoms with E-state index in [-0.39, 0.29) is 9.79 Å². The second kappa shape index (κ2) is 8.23. The standard InChI is InChI=1S/C22H22N2O4S/c1-27-22-8-7-17(16-23-22)18-13-19(24-9-11-28-12-10-24)15-21(14-18)29(25,26)20-5-3-2-4-6-20/h2-8,13-16H,9-12H2,1H3. The van der Waals surface area contributed by atoms with E-state index >= 15 is 0 Å². The summed E-state index contributed by atoms with van der Waals surface area (Å²) in [5.74, 6) is 0.509. The second-order valence-electron chi connectivity index (χ2n) is 6.72. The van der Waals surface area contributed by atoms with E-state index in [1.807, 2.05) is 12.1 Å². The molecule has 150 valence electrons. The van der Waals surface area contributed by atoms with Gasteiger partial charge in [-0.2, -0.15) is 0 Å². The number of ether oxygens (including phenoxy) is 2. The van der Waals surface area contributed by atoms with Crippen LogP contribution in [0, 0.1) is 0 Å². The zero-order chi connectivity index (χ0) is 20.3. The molecule has 2 heterocycles. The largest absolute Gasteiger partial charge is 0.481 e. The van der Waals surface area contributed by atoms with Crippen LogP contribution in [0.2, 0.25) is 0 Å². The van der Waals surface area contributed by atoms with Gasteiger partial charge in [-0.25, -0.2) is 13.4 Å². The van der Waals surface area contributed by atoms with Crippen molar-refractivity contribution in [3.8, 4) is 17.0 Å². The number of nitrogens with zero attached hydrogens (tertiary/aromatic N) is 2. The zero-order valence-electron chi connectivity index (χ0n) is 16.1. The first-order chi connectivity index (χ1) is 14.1. The van der Waals surface area contributed by atoms with Crippen molar-refractivity contribution in [1.29, 1.82) is 0 Å². The molecule has 1 aliphatic rings. The summed E-state index contributed by atoms with van der Waals surface area (Å²) >= 11 is 0. The first-order valence-electron chi connectivity index (χ1n) is 9.36. The number of aromatic nitrogens is 1. The molecule has 7 heteroatoms. The molecule has 0 aliphatic carbocycles. The molecule has 1 fully saturated rings. The molecule has 0 amide bonds. The Labute approximate surface area is 170 Å². The van der Waals surface area contributed by atoms with Crippen molar-refractivity contribution >= 4 is 15.5 Å². The summed E-state index contributed by atoms with van der Waals surface area (Å²) in [6.45, 7) is 2.68. The molecule has 0 N–H and O–H groups in total. The van der Waals surface area contributed by atoms with Gasteiger partial charge in [0.25, 0.3) is 0 Å². The minimum atomic E-state index is -3.65. The third-order valence-corrected chi connectivity index (χ3v) is 6.66. The zero-order valence-corrected chi connectivity index (χ0v) is 16.9. The number of pyridine rings is 1. The molecule has 6 nitrogen and oxygen atoms in total. The van der Waals surface area contributed by atoms with Crippen molar-refractivity contribution < 1.29 is 17.9 Å². The maximum absolute atomic E-state index is 13.3. The lowest BCUT2D eigenvalue weighted by Gasteiger charge is -2.29. The summed E-state index contributed by atoms with van der Waals surface area (Å²) in [5, 5.41) is 0. The molecule has 0 unspecified atom stereocenters. The molecule has 0 saturated carbocycles. The minimum Gasteiger partial charge on any atom is -0.481 e. The van der Waals surface area contributed by atoms with Gasteiger partial charge in [0, 0.05) is 36.6 Å². The number of methoxy groups -OCH3 is 1. The summed E-state index contributed by atoms with van der Waals surface area (Å²) in [6, 6.07) is 17.6. The molecule has 2 aromatic carbocycles. The van der Waals surface area contributed by atoms with Crippen molar-refractivity contribution in [2.45, 2.75) is 9.79 Å². The summed E-state index contributed by atoms with van der Waals surface area (Å²) in [6.07, 6.45) is 1.69. The van der Waals surface area contributed by atoms with Crippen LogP contribution in [0.25, 0.3) is 11.1 Å². The number of morpholine rings is 1. The highest BCUT2D eigenvalue weighted by molar-refractivity contribution is 7.91. The molecular formula is C22H22N2O4S. The Morgan fingerprint density at radius 2 is 1.69 bits per heavy atom. The van der Waals surface area contributed by atoms with E-state index in [2.05, 4.69) is 9.88 Å². The highest BCUT2D eigenvalue weighted by Crippen LogP contribution is 2.32. The minimum absolute atomic E-state index is 0.263. The second-order valence-corrected chi connectivity index (χ2v) is 8.67. The van der Waals surface area contributed by atoms with Gasteiger partial charge >= 0.3 is 0 Å². The van der Waals surface area contributed by atoms with Gasteiger partial charge in [-0.3, -0.25) is 0 Å². The molecule has 0 radical (unpaired) electrons. The van der Waals surface area contributed by atoms with Crippen molar-refractivity contribution in [3.05, 3.63) is 66.9 Å². The summed E-state index contributed by atoms with van der Waals surface area (Å²) in [4.78, 5) is 6.95. The maximum atomic E-state index is 13.3. The van der Waals surface area contributed by atoms with Gasteiger partial charge in [0.2, 0.25) is 15.7 Å². The van der Waals surface area contributed by atoms with Gasteiger partial charge in [-0.1, -0.05) is 18.2 Å². The van der Waals surface area contributed by atoms with Crippen molar-refractivity contribution in [2.24, 2.45) is 0 Å². The van der Waals surface area contributed by atoms with E-state index in [4.69, 9.17) is 9.47 Å². The first kappa shape index (κ1) is 19.4. The summed E-state index contributed by atoms with van der Waals surface area (Å²) < 4.78 is 37.1. The number of hydrogen-bond acceptors (Lipinski definition) is 6. The van der Waals surface area contributed by atoms with Gasteiger partial charge in [0.15, 0.2) is 0 Å². The Balaban J connectivity index is 1.83. The highest BCUT2D eigenvalue weighted by atomic mass is 32.2. The average Bonchev–Trinajstić information content (AvgIpc) is 2.80. The predicted octanol–water partition coefficient (Wildman–Crippen LogP) is 3.43. The average molecular weight is 410 g/mol. The van der Waals surface area contributed by atoms with Gasteiger partial charge < -0.3 is 14.4 Å². The molecule has 1 aliphatic heterocycles. The first-order valence-corrected chi connectivity index (χ1v) is 10.8. The lowest BCUT2D eigenvalue weighted by Crippen LogP contribution is -2.36. The van der Waals surface area contributed by atoms with Crippen LogP contribution in [0.3, 0.4) is 0 Å². The Kier molecular flexibility index (Phi) is 5.51. The third-order valence-electron chi connectivity index (χ3n) is 4.91. The van der Waals surface area contributed by atoms with Gasteiger partial charge in [-0.05, 0) is 42.0 Å². The molecule has 0 bridgehead atoms. The van der Waals surface area contributed by atoms with Crippen molar-refractivity contribution in [2.75, 3.05) is 38.3 Å². The van der Waals surface area contributed by atoms with Crippen LogP contribution in [0.15, 0.2) is 76.7 Å². The Morgan fingerprint density at radius 1 is 0.931 bits per heavy atom. The molecule has 0 spiro atoms. The van der Waals surface area contributed by atoms with E-state index in [0.717, 1.165) is 29.9 Å². The van der Waals surface area contributed by atoms with Crippen molar-refractivity contribution in [1.82, 2.24) is 4.98 Å². The molecular weight excluding hydrogens is 388 g/mol. The fraction of sp³-hybridized carbons (Fsp3) is 0.227. The van der Waals surface area contributed by atoms with Crippen LogP contribution >= 0.6 is 0 Å². The number of rotatable bonds is 5. The Hall–Kier alpha value is -2.90. The van der Waals surface area contributed by atoms with Crippen molar-refractivity contribution in [3.63, 3.8) is 0 Å². The molecule has 1 saturated heterocycles. The van der Waals surface area contributed by atoms with E-state index in [0.29, 0.717) is 19.1 Å². The topological polar surface area (TPSA) is 68.7 Å². The van der Waals surface area contributed by atoms with Crippen LogP contribution in [0.1, 0.15) is 0 Å². The summed E-state index contributed by atoms with van der Waals surface area (Å²) in [5.41, 5.74) is 2.47. The van der Waals surface area contributed by atoms with Crippen LogP contribution in [-0.4, -0.2) is 46.8 Å². The smallest absolute Gasteiger partial charge is 0.212 e. The molecule has 3 aromatic rings. The lowest BCUT2D eigenvalue weighted by atomic mass is 10.1. The third kappa shape index (κ3) is 4.11. The van der Waals surface area contributed by atoms with E-state index < -0.39 is 9.84 Å². The molecule has 29 heavy (non-hydrogen) atoms. The van der Waals surface area contributed by atoms with Gasteiger partial charge in [-0.15, -0.1) is 0 Å². The van der Waals surface area contributed by atoms with Crippen LogP contribution in [0.4, 0.5) is 5.69 Å². The van der Waals surface area contributed by atoms with Gasteiger partial charge in [0.1, 0.15) is 0 Å². The van der Waals surface area contributed by atoms with Gasteiger partial charge in [0.05, 0.1) is 30.1 Å². The molecule has 1 aromatic heterocycles. The number of sulfone groups is 1. The van der Waals surface area contributed by atoms with E-state index in [1.54, 1.807) is 61.8 Å². The van der Waals surface area contributed by atoms with E-state index in [9.17, 15) is 8.42 Å². The normalized spacial score (nSPS) is 14.6. The highest BCUT2D eigenvalue weighted by Gasteiger charge is 2.21. The fourth-order valence-corrected chi connectivity index (χ4v) is 4.66. The monoisotopic (exact) mass is 410 g/mol.